The van der Waals surface area contributed by atoms with E-state index in [-0.39, 0.29) is 23.4 Å². The molecule has 7 nitrogen and oxygen atoms in total. The molecule has 3 rings (SSSR count). The Morgan fingerprint density at radius 2 is 1.46 bits per heavy atom. The van der Waals surface area contributed by atoms with Gasteiger partial charge in [-0.1, -0.05) is 67.1 Å². The summed E-state index contributed by atoms with van der Waals surface area (Å²) in [6.45, 7) is 5.12. The molecule has 3 aromatic carbocycles. The first-order chi connectivity index (χ1) is 17.6. The summed E-state index contributed by atoms with van der Waals surface area (Å²) in [5.41, 5.74) is 1.11. The second kappa shape index (κ2) is 12.7. The van der Waals surface area contributed by atoms with Gasteiger partial charge in [-0.3, -0.25) is 13.9 Å². The van der Waals surface area contributed by atoms with Crippen LogP contribution in [0.5, 0.6) is 0 Å². The highest BCUT2D eigenvalue weighted by molar-refractivity contribution is 7.92. The molecule has 0 saturated heterocycles. The highest BCUT2D eigenvalue weighted by atomic mass is 35.5. The summed E-state index contributed by atoms with van der Waals surface area (Å²) in [5.74, 6) is -0.820. The lowest BCUT2D eigenvalue weighted by atomic mass is 10.1. The molecule has 0 aromatic heterocycles. The van der Waals surface area contributed by atoms with Crippen molar-refractivity contribution < 1.29 is 18.0 Å². The van der Waals surface area contributed by atoms with Crippen LogP contribution in [0, 0.1) is 0 Å². The van der Waals surface area contributed by atoms with Crippen molar-refractivity contribution in [2.24, 2.45) is 0 Å². The molecule has 3 aromatic rings. The number of carbonyl (C=O) groups is 2. The first kappa shape index (κ1) is 28.2. The van der Waals surface area contributed by atoms with Gasteiger partial charge in [0.05, 0.1) is 10.6 Å². The Labute approximate surface area is 224 Å². The van der Waals surface area contributed by atoms with E-state index in [1.807, 2.05) is 13.8 Å². The van der Waals surface area contributed by atoms with Gasteiger partial charge in [-0.15, -0.1) is 0 Å². The molecule has 0 spiro atoms. The fraction of sp³-hybridized carbons (Fsp3) is 0.286. The molecule has 0 aliphatic heterocycles. The standard InChI is InChI=1S/C28H32ClN3O4S/c1-4-21(2)30-28(34)22(3)31(19-23-15-17-24(29)18-16-23)27(33)20-32(25-11-7-5-8-12-25)37(35,36)26-13-9-6-10-14-26/h5-18,21-22H,4,19-20H2,1-3H3,(H,30,34)/t21-,22+/m0/s1. The highest BCUT2D eigenvalue weighted by Crippen LogP contribution is 2.24. The normalized spacial score (nSPS) is 12.9. The molecule has 0 bridgehead atoms. The number of hydrogen-bond donors (Lipinski definition) is 1. The third-order valence-corrected chi connectivity index (χ3v) is 8.13. The van der Waals surface area contributed by atoms with Crippen LogP contribution in [-0.4, -0.2) is 43.8 Å². The number of sulfonamides is 1. The van der Waals surface area contributed by atoms with Crippen molar-refractivity contribution in [3.63, 3.8) is 0 Å². The Hall–Kier alpha value is -3.36. The number of amides is 2. The van der Waals surface area contributed by atoms with E-state index < -0.39 is 28.5 Å². The summed E-state index contributed by atoms with van der Waals surface area (Å²) in [6.07, 6.45) is 0.737. The van der Waals surface area contributed by atoms with Crippen LogP contribution in [-0.2, 0) is 26.2 Å². The predicted molar refractivity (Wildman–Crippen MR) is 147 cm³/mol. The van der Waals surface area contributed by atoms with E-state index in [0.717, 1.165) is 16.3 Å². The first-order valence-corrected chi connectivity index (χ1v) is 13.9. The molecule has 9 heteroatoms. The minimum Gasteiger partial charge on any atom is -0.352 e. The SMILES string of the molecule is CC[C@H](C)NC(=O)[C@@H](C)N(Cc1ccc(Cl)cc1)C(=O)CN(c1ccccc1)S(=O)(=O)c1ccccc1. The van der Waals surface area contributed by atoms with E-state index in [9.17, 15) is 18.0 Å². The van der Waals surface area contributed by atoms with Gasteiger partial charge < -0.3 is 10.2 Å². The quantitative estimate of drug-likeness (QED) is 0.375. The van der Waals surface area contributed by atoms with E-state index in [1.54, 1.807) is 79.7 Å². The topological polar surface area (TPSA) is 86.8 Å². The third kappa shape index (κ3) is 7.33. The molecule has 1 N–H and O–H groups in total. The van der Waals surface area contributed by atoms with Crippen LogP contribution in [0.3, 0.4) is 0 Å². The van der Waals surface area contributed by atoms with Crippen molar-refractivity contribution in [2.45, 2.75) is 50.7 Å². The van der Waals surface area contributed by atoms with Crippen molar-refractivity contribution in [1.29, 1.82) is 0 Å². The molecular formula is C28H32ClN3O4S. The van der Waals surface area contributed by atoms with Gasteiger partial charge in [0.25, 0.3) is 10.0 Å². The van der Waals surface area contributed by atoms with Gasteiger partial charge in [-0.05, 0) is 62.2 Å². The zero-order chi connectivity index (χ0) is 27.0. The molecule has 0 aliphatic rings. The molecule has 0 saturated carbocycles. The van der Waals surface area contributed by atoms with E-state index in [0.29, 0.717) is 10.7 Å². The number of halogens is 1. The van der Waals surface area contributed by atoms with Crippen LogP contribution in [0.15, 0.2) is 89.8 Å². The van der Waals surface area contributed by atoms with Crippen molar-refractivity contribution in [3.8, 4) is 0 Å². The summed E-state index contributed by atoms with van der Waals surface area (Å²) >= 11 is 6.02. The maximum atomic E-state index is 13.8. The predicted octanol–water partition coefficient (Wildman–Crippen LogP) is 4.87. The minimum atomic E-state index is -4.06. The van der Waals surface area contributed by atoms with E-state index in [2.05, 4.69) is 5.32 Å². The first-order valence-electron chi connectivity index (χ1n) is 12.1. The number of anilines is 1. The second-order valence-corrected chi connectivity index (χ2v) is 11.1. The summed E-state index contributed by atoms with van der Waals surface area (Å²) < 4.78 is 28.4. The molecule has 0 aliphatic carbocycles. The average Bonchev–Trinajstić information content (AvgIpc) is 2.91. The lowest BCUT2D eigenvalue weighted by molar-refractivity contribution is -0.139. The third-order valence-electron chi connectivity index (χ3n) is 6.09. The molecule has 0 heterocycles. The number of benzene rings is 3. The van der Waals surface area contributed by atoms with Gasteiger partial charge >= 0.3 is 0 Å². The average molecular weight is 542 g/mol. The summed E-state index contributed by atoms with van der Waals surface area (Å²) in [7, 11) is -4.06. The van der Waals surface area contributed by atoms with Crippen LogP contribution in [0.2, 0.25) is 5.02 Å². The number of carbonyl (C=O) groups excluding carboxylic acids is 2. The van der Waals surface area contributed by atoms with Gasteiger partial charge in [0.15, 0.2) is 0 Å². The molecular weight excluding hydrogens is 510 g/mol. The van der Waals surface area contributed by atoms with E-state index in [1.165, 1.54) is 17.0 Å². The molecule has 37 heavy (non-hydrogen) atoms. The molecule has 0 unspecified atom stereocenters. The Balaban J connectivity index is 1.98. The molecule has 0 radical (unpaired) electrons. The number of hydrogen-bond acceptors (Lipinski definition) is 4. The fourth-order valence-corrected chi connectivity index (χ4v) is 5.24. The van der Waals surface area contributed by atoms with Crippen molar-refractivity contribution in [3.05, 3.63) is 95.5 Å². The van der Waals surface area contributed by atoms with Crippen molar-refractivity contribution in [2.75, 3.05) is 10.8 Å². The Morgan fingerprint density at radius 3 is 2.03 bits per heavy atom. The van der Waals surface area contributed by atoms with Gasteiger partial charge in [-0.2, -0.15) is 0 Å². The monoisotopic (exact) mass is 541 g/mol. The lowest BCUT2D eigenvalue weighted by Gasteiger charge is -2.32. The summed E-state index contributed by atoms with van der Waals surface area (Å²) in [4.78, 5) is 28.3. The fourth-order valence-electron chi connectivity index (χ4n) is 3.68. The Kier molecular flexibility index (Phi) is 9.72. The second-order valence-electron chi connectivity index (χ2n) is 8.80. The Morgan fingerprint density at radius 1 is 0.892 bits per heavy atom. The number of nitrogens with zero attached hydrogens (tertiary/aromatic N) is 2. The van der Waals surface area contributed by atoms with Gasteiger partial charge in [0.2, 0.25) is 11.8 Å². The zero-order valence-corrected chi connectivity index (χ0v) is 22.7. The lowest BCUT2D eigenvalue weighted by Crippen LogP contribution is -2.52. The van der Waals surface area contributed by atoms with Gasteiger partial charge in [0.1, 0.15) is 12.6 Å². The number of nitrogens with one attached hydrogen (secondary N) is 1. The van der Waals surface area contributed by atoms with Crippen LogP contribution < -0.4 is 9.62 Å². The molecule has 196 valence electrons. The summed E-state index contributed by atoms with van der Waals surface area (Å²) in [6, 6.07) is 22.5. The largest absolute Gasteiger partial charge is 0.352 e. The van der Waals surface area contributed by atoms with Crippen LogP contribution in [0.4, 0.5) is 5.69 Å². The highest BCUT2D eigenvalue weighted by Gasteiger charge is 2.32. The van der Waals surface area contributed by atoms with E-state index in [4.69, 9.17) is 11.6 Å². The number of para-hydroxylation sites is 1. The van der Waals surface area contributed by atoms with Crippen molar-refractivity contribution >= 4 is 39.1 Å². The minimum absolute atomic E-state index is 0.0679. The van der Waals surface area contributed by atoms with E-state index >= 15 is 0 Å². The zero-order valence-electron chi connectivity index (χ0n) is 21.2. The maximum absolute atomic E-state index is 13.8. The smallest absolute Gasteiger partial charge is 0.264 e. The molecule has 2 amide bonds. The Bertz CT molecular complexity index is 1290. The van der Waals surface area contributed by atoms with Crippen LogP contribution in [0.1, 0.15) is 32.8 Å². The van der Waals surface area contributed by atoms with Crippen LogP contribution >= 0.6 is 11.6 Å². The van der Waals surface area contributed by atoms with Gasteiger partial charge in [0, 0.05) is 17.6 Å². The summed E-state index contributed by atoms with van der Waals surface area (Å²) in [5, 5.41) is 3.46. The molecule has 2 atom stereocenters. The van der Waals surface area contributed by atoms with Crippen molar-refractivity contribution in [1.82, 2.24) is 10.2 Å². The number of rotatable bonds is 11. The van der Waals surface area contributed by atoms with Crippen LogP contribution in [0.25, 0.3) is 0 Å². The maximum Gasteiger partial charge on any atom is 0.264 e. The molecule has 0 fully saturated rings. The van der Waals surface area contributed by atoms with Gasteiger partial charge in [-0.25, -0.2) is 8.42 Å².